The van der Waals surface area contributed by atoms with Crippen LogP contribution in [0.1, 0.15) is 97.4 Å². The molecule has 0 fully saturated rings. The van der Waals surface area contributed by atoms with E-state index in [1.54, 1.807) is 16.7 Å². The third-order valence-corrected chi connectivity index (χ3v) is 5.52. The van der Waals surface area contributed by atoms with Crippen LogP contribution in [0.4, 0.5) is 0 Å². The lowest BCUT2D eigenvalue weighted by Gasteiger charge is -2.14. The molecule has 2 aromatic rings. The molecule has 0 aromatic heterocycles. The van der Waals surface area contributed by atoms with Gasteiger partial charge in [0.2, 0.25) is 0 Å². The number of benzene rings is 2. The summed E-state index contributed by atoms with van der Waals surface area (Å²) >= 11 is 0. The summed E-state index contributed by atoms with van der Waals surface area (Å²) < 4.78 is 0. The molecule has 4 rings (SSSR count). The van der Waals surface area contributed by atoms with Crippen LogP contribution in [-0.4, -0.2) is 0 Å². The zero-order chi connectivity index (χ0) is 21.1. The standard InChI is InChI=1S/C12H14.C12H16.2C2H6.CH4/c1-9(2)12-7-10-5-3-4-6-11(10)8-12;1-9(2)11-8-7-10-5-3-4-6-12(10)11;2*1-2;/h3-7,9H,8H2,1-2H3;3-6,9,11H,7-8H2,1-2H3;2*1-2H3;1H4. The van der Waals surface area contributed by atoms with Crippen LogP contribution in [0.5, 0.6) is 0 Å². The average Bonchev–Trinajstić information content (AvgIpc) is 3.36. The molecule has 1 unspecified atom stereocenters. The third kappa shape index (κ3) is 7.50. The Hall–Kier alpha value is -1.82. The summed E-state index contributed by atoms with van der Waals surface area (Å²) in [5.41, 5.74) is 7.65. The molecule has 0 radical (unpaired) electrons. The zero-order valence-corrected chi connectivity index (χ0v) is 19.5. The van der Waals surface area contributed by atoms with E-state index in [9.17, 15) is 0 Å². The Morgan fingerprint density at radius 1 is 0.759 bits per heavy atom. The number of fused-ring (bicyclic) bond motifs is 2. The van der Waals surface area contributed by atoms with Crippen molar-refractivity contribution in [1.82, 2.24) is 0 Å². The molecule has 1 atom stereocenters. The first-order valence-corrected chi connectivity index (χ1v) is 11.4. The molecule has 0 N–H and O–H groups in total. The van der Waals surface area contributed by atoms with Crippen LogP contribution >= 0.6 is 0 Å². The van der Waals surface area contributed by atoms with Crippen molar-refractivity contribution in [3.8, 4) is 0 Å². The van der Waals surface area contributed by atoms with E-state index in [2.05, 4.69) is 82.3 Å². The molecule has 0 heteroatoms. The van der Waals surface area contributed by atoms with Crippen molar-refractivity contribution in [1.29, 1.82) is 0 Å². The minimum Gasteiger partial charge on any atom is -0.0776 e. The number of hydrogen-bond acceptors (Lipinski definition) is 0. The van der Waals surface area contributed by atoms with Crippen LogP contribution in [0, 0.1) is 11.8 Å². The molecule has 0 saturated heterocycles. The second-order valence-corrected chi connectivity index (χ2v) is 7.84. The van der Waals surface area contributed by atoms with E-state index in [0.29, 0.717) is 5.92 Å². The summed E-state index contributed by atoms with van der Waals surface area (Å²) in [6.07, 6.45) is 6.14. The van der Waals surface area contributed by atoms with Gasteiger partial charge in [-0.25, -0.2) is 0 Å². The second kappa shape index (κ2) is 14.2. The van der Waals surface area contributed by atoms with Gasteiger partial charge in [-0.1, -0.05) is 123 Å². The van der Waals surface area contributed by atoms with Crippen molar-refractivity contribution < 1.29 is 0 Å². The van der Waals surface area contributed by atoms with Gasteiger partial charge in [0, 0.05) is 0 Å². The van der Waals surface area contributed by atoms with E-state index in [4.69, 9.17) is 0 Å². The highest BCUT2D eigenvalue weighted by atomic mass is 14.3. The maximum Gasteiger partial charge on any atom is -0.00553 e. The fraction of sp³-hybridized carbons (Fsp3) is 0.517. The lowest BCUT2D eigenvalue weighted by Crippen LogP contribution is -2.01. The maximum absolute atomic E-state index is 2.33. The van der Waals surface area contributed by atoms with Crippen LogP contribution in [0.15, 0.2) is 54.1 Å². The minimum absolute atomic E-state index is 0. The van der Waals surface area contributed by atoms with Gasteiger partial charge in [-0.3, -0.25) is 0 Å². The molecule has 0 spiro atoms. The maximum atomic E-state index is 2.33. The summed E-state index contributed by atoms with van der Waals surface area (Å²) in [6.45, 7) is 17.2. The molecule has 0 amide bonds. The minimum atomic E-state index is 0. The van der Waals surface area contributed by atoms with E-state index >= 15 is 0 Å². The van der Waals surface area contributed by atoms with Gasteiger partial charge in [-0.15, -0.1) is 0 Å². The van der Waals surface area contributed by atoms with Crippen LogP contribution in [0.25, 0.3) is 6.08 Å². The van der Waals surface area contributed by atoms with E-state index in [-0.39, 0.29) is 7.43 Å². The van der Waals surface area contributed by atoms with Crippen molar-refractivity contribution >= 4 is 6.08 Å². The highest BCUT2D eigenvalue weighted by Crippen LogP contribution is 2.37. The Morgan fingerprint density at radius 2 is 1.31 bits per heavy atom. The van der Waals surface area contributed by atoms with Crippen LogP contribution in [0.2, 0.25) is 0 Å². The zero-order valence-electron chi connectivity index (χ0n) is 19.5. The second-order valence-electron chi connectivity index (χ2n) is 7.84. The monoisotopic (exact) mass is 394 g/mol. The van der Waals surface area contributed by atoms with Gasteiger partial charge in [-0.05, 0) is 59.3 Å². The van der Waals surface area contributed by atoms with Gasteiger partial charge in [-0.2, -0.15) is 0 Å². The largest absolute Gasteiger partial charge is 0.0776 e. The topological polar surface area (TPSA) is 0 Å². The van der Waals surface area contributed by atoms with E-state index in [1.165, 1.54) is 24.0 Å². The summed E-state index contributed by atoms with van der Waals surface area (Å²) in [5, 5.41) is 0. The summed E-state index contributed by atoms with van der Waals surface area (Å²) in [5.74, 6) is 2.31. The quantitative estimate of drug-likeness (QED) is 0.476. The van der Waals surface area contributed by atoms with Crippen molar-refractivity contribution in [3.05, 3.63) is 76.4 Å². The van der Waals surface area contributed by atoms with Gasteiger partial charge in [0.1, 0.15) is 0 Å². The van der Waals surface area contributed by atoms with Crippen LogP contribution in [0.3, 0.4) is 0 Å². The predicted molar refractivity (Wildman–Crippen MR) is 135 cm³/mol. The van der Waals surface area contributed by atoms with Crippen molar-refractivity contribution in [2.24, 2.45) is 11.8 Å². The number of rotatable bonds is 2. The van der Waals surface area contributed by atoms with E-state index in [0.717, 1.165) is 18.3 Å². The van der Waals surface area contributed by atoms with Gasteiger partial charge >= 0.3 is 0 Å². The molecule has 0 aliphatic heterocycles. The highest BCUT2D eigenvalue weighted by molar-refractivity contribution is 5.63. The van der Waals surface area contributed by atoms with Gasteiger partial charge in [0.15, 0.2) is 0 Å². The van der Waals surface area contributed by atoms with Crippen molar-refractivity contribution in [2.75, 3.05) is 0 Å². The predicted octanol–water partition coefficient (Wildman–Crippen LogP) is 9.34. The number of allylic oxidation sites excluding steroid dienone is 1. The lowest BCUT2D eigenvalue weighted by molar-refractivity contribution is 0.496. The van der Waals surface area contributed by atoms with Crippen molar-refractivity contribution in [3.63, 3.8) is 0 Å². The Morgan fingerprint density at radius 3 is 1.86 bits per heavy atom. The third-order valence-electron chi connectivity index (χ3n) is 5.52. The molecule has 2 aromatic carbocycles. The molecule has 0 nitrogen and oxygen atoms in total. The molecule has 162 valence electrons. The van der Waals surface area contributed by atoms with E-state index < -0.39 is 0 Å². The summed E-state index contributed by atoms with van der Waals surface area (Å²) in [6, 6.07) is 17.5. The highest BCUT2D eigenvalue weighted by Gasteiger charge is 2.23. The SMILES string of the molecule is C.CC.CC.CC(C)C1=Cc2ccccc2C1.CC(C)C1CCc2ccccc21. The fourth-order valence-electron chi connectivity index (χ4n) is 3.96. The van der Waals surface area contributed by atoms with Crippen molar-refractivity contribution in [2.45, 2.75) is 88.0 Å². The van der Waals surface area contributed by atoms with Gasteiger partial charge in [0.05, 0.1) is 0 Å². The molecule has 29 heavy (non-hydrogen) atoms. The first-order valence-electron chi connectivity index (χ1n) is 11.4. The summed E-state index contributed by atoms with van der Waals surface area (Å²) in [4.78, 5) is 0. The Bertz CT molecular complexity index is 718. The smallest absolute Gasteiger partial charge is 0.00553 e. The first-order chi connectivity index (χ1) is 13.6. The molecular formula is C29H46. The average molecular weight is 395 g/mol. The number of hydrogen-bond donors (Lipinski definition) is 0. The van der Waals surface area contributed by atoms with Crippen LogP contribution < -0.4 is 0 Å². The molecule has 0 bridgehead atoms. The molecular weight excluding hydrogens is 348 g/mol. The van der Waals surface area contributed by atoms with Crippen LogP contribution in [-0.2, 0) is 12.8 Å². The molecule has 0 heterocycles. The number of aryl methyl sites for hydroxylation is 1. The van der Waals surface area contributed by atoms with Gasteiger partial charge < -0.3 is 0 Å². The molecule has 0 saturated carbocycles. The molecule has 2 aliphatic carbocycles. The fourth-order valence-corrected chi connectivity index (χ4v) is 3.96. The first kappa shape index (κ1) is 27.2. The van der Waals surface area contributed by atoms with Gasteiger partial charge in [0.25, 0.3) is 0 Å². The normalized spacial score (nSPS) is 15.4. The lowest BCUT2D eigenvalue weighted by atomic mass is 9.90. The summed E-state index contributed by atoms with van der Waals surface area (Å²) in [7, 11) is 0. The molecule has 2 aliphatic rings. The Kier molecular flexibility index (Phi) is 13.3. The Labute approximate surface area is 182 Å². The Balaban J connectivity index is 0.000000449. The van der Waals surface area contributed by atoms with E-state index in [1.807, 2.05) is 27.7 Å².